The Morgan fingerprint density at radius 2 is 1.45 bits per heavy atom. The summed E-state index contributed by atoms with van der Waals surface area (Å²) in [5.41, 5.74) is 2.15. The van der Waals surface area contributed by atoms with Crippen LogP contribution in [-0.4, -0.2) is 57.0 Å². The number of benzene rings is 2. The van der Waals surface area contributed by atoms with Crippen molar-refractivity contribution in [3.8, 4) is 5.75 Å². The van der Waals surface area contributed by atoms with Gasteiger partial charge in [-0.2, -0.15) is 0 Å². The second kappa shape index (κ2) is 12.7. The van der Waals surface area contributed by atoms with E-state index in [2.05, 4.69) is 0 Å². The Morgan fingerprint density at radius 1 is 0.868 bits per heavy atom. The lowest BCUT2D eigenvalue weighted by molar-refractivity contribution is -0.189. The molecule has 3 rings (SSSR count). The van der Waals surface area contributed by atoms with Crippen LogP contribution in [-0.2, 0) is 35.1 Å². The number of phenols is 1. The maximum atomic E-state index is 11.8. The SMILES string of the molecule is CC(=O)OC[C@@H]1O[C@H](c2ccc(Cc3ccc(O)cc3)c(Cl)c2)[C@@H](CC(=O)O)[C@@H](CC(=O)O)[C@H]1CC(=O)O. The average molecular weight is 549 g/mol. The fourth-order valence-corrected chi connectivity index (χ4v) is 5.32. The molecule has 1 aliphatic rings. The summed E-state index contributed by atoms with van der Waals surface area (Å²) in [5.74, 6) is -6.80. The average Bonchev–Trinajstić information content (AvgIpc) is 2.82. The predicted molar refractivity (Wildman–Crippen MR) is 134 cm³/mol. The van der Waals surface area contributed by atoms with Crippen LogP contribution >= 0.6 is 11.6 Å². The Bertz CT molecular complexity index is 1180. The highest BCUT2D eigenvalue weighted by Crippen LogP contribution is 2.48. The molecule has 2 aromatic rings. The molecule has 204 valence electrons. The molecule has 0 unspecified atom stereocenters. The van der Waals surface area contributed by atoms with E-state index >= 15 is 0 Å². The third-order valence-corrected chi connectivity index (χ3v) is 7.06. The highest BCUT2D eigenvalue weighted by molar-refractivity contribution is 6.31. The molecule has 0 spiro atoms. The van der Waals surface area contributed by atoms with Crippen molar-refractivity contribution in [3.63, 3.8) is 0 Å². The zero-order chi connectivity index (χ0) is 28.0. The molecular weight excluding hydrogens is 520 g/mol. The summed E-state index contributed by atoms with van der Waals surface area (Å²) in [6.07, 6.45) is -2.91. The second-order valence-corrected chi connectivity index (χ2v) is 9.78. The van der Waals surface area contributed by atoms with Crippen molar-refractivity contribution >= 4 is 35.5 Å². The molecule has 38 heavy (non-hydrogen) atoms. The number of aliphatic carboxylic acids is 3. The zero-order valence-electron chi connectivity index (χ0n) is 20.6. The van der Waals surface area contributed by atoms with Gasteiger partial charge in [0.2, 0.25) is 0 Å². The van der Waals surface area contributed by atoms with Gasteiger partial charge in [0.25, 0.3) is 0 Å². The van der Waals surface area contributed by atoms with E-state index in [0.29, 0.717) is 17.0 Å². The van der Waals surface area contributed by atoms with Gasteiger partial charge in [0, 0.05) is 30.2 Å². The van der Waals surface area contributed by atoms with Crippen LogP contribution in [0.3, 0.4) is 0 Å². The predicted octanol–water partition coefficient (Wildman–Crippen LogP) is 3.91. The molecule has 0 radical (unpaired) electrons. The second-order valence-electron chi connectivity index (χ2n) is 9.38. The number of hydrogen-bond acceptors (Lipinski definition) is 7. The van der Waals surface area contributed by atoms with Gasteiger partial charge in [-0.05, 0) is 47.2 Å². The van der Waals surface area contributed by atoms with Crippen molar-refractivity contribution in [2.45, 2.75) is 44.8 Å². The molecule has 1 saturated heterocycles. The summed E-state index contributed by atoms with van der Waals surface area (Å²) in [6, 6.07) is 11.7. The number of carbonyl (C=O) groups is 4. The highest BCUT2D eigenvalue weighted by Gasteiger charge is 2.48. The summed E-state index contributed by atoms with van der Waals surface area (Å²) in [7, 11) is 0. The molecule has 0 aliphatic carbocycles. The first-order valence-corrected chi connectivity index (χ1v) is 12.3. The number of ether oxygens (including phenoxy) is 2. The molecule has 4 N–H and O–H groups in total. The Morgan fingerprint density at radius 3 is 2.00 bits per heavy atom. The summed E-state index contributed by atoms with van der Waals surface area (Å²) in [5, 5.41) is 38.6. The molecule has 0 saturated carbocycles. The summed E-state index contributed by atoms with van der Waals surface area (Å²) in [6.45, 7) is 0.868. The van der Waals surface area contributed by atoms with Crippen LogP contribution in [0.15, 0.2) is 42.5 Å². The standard InChI is InChI=1S/C27H29ClO10/c1-14(29)37-13-23-20(11-25(33)34)19(10-24(31)32)21(12-26(35)36)27(38-23)17-5-4-16(22(28)9-17)8-15-2-6-18(30)7-3-15/h2-7,9,19-21,23,27,30H,8,10-13H2,1H3,(H,31,32)(H,33,34)(H,35,36)/t19-,20+,21-,23-,27+/m0/s1. The highest BCUT2D eigenvalue weighted by atomic mass is 35.5. The number of carbonyl (C=O) groups excluding carboxylic acids is 1. The minimum atomic E-state index is -1.21. The lowest BCUT2D eigenvalue weighted by Crippen LogP contribution is -2.48. The van der Waals surface area contributed by atoms with E-state index in [0.717, 1.165) is 11.1 Å². The van der Waals surface area contributed by atoms with Crippen molar-refractivity contribution in [1.29, 1.82) is 0 Å². The molecule has 1 heterocycles. The third-order valence-electron chi connectivity index (χ3n) is 6.71. The van der Waals surface area contributed by atoms with Gasteiger partial charge in [0.1, 0.15) is 12.4 Å². The first-order valence-electron chi connectivity index (χ1n) is 11.9. The number of hydrogen-bond donors (Lipinski definition) is 4. The van der Waals surface area contributed by atoms with E-state index in [9.17, 15) is 39.6 Å². The minimum absolute atomic E-state index is 0.134. The first kappa shape index (κ1) is 28.9. The van der Waals surface area contributed by atoms with E-state index in [1.165, 1.54) is 6.92 Å². The molecule has 0 amide bonds. The van der Waals surface area contributed by atoms with Crippen LogP contribution in [0, 0.1) is 17.8 Å². The van der Waals surface area contributed by atoms with Crippen molar-refractivity contribution in [1.82, 2.24) is 0 Å². The molecule has 10 nitrogen and oxygen atoms in total. The first-order chi connectivity index (χ1) is 17.9. The van der Waals surface area contributed by atoms with Crippen LogP contribution in [0.2, 0.25) is 5.02 Å². The number of rotatable bonds is 11. The van der Waals surface area contributed by atoms with Crippen molar-refractivity contribution in [2.75, 3.05) is 6.61 Å². The largest absolute Gasteiger partial charge is 0.508 e. The summed E-state index contributed by atoms with van der Waals surface area (Å²) < 4.78 is 11.3. The van der Waals surface area contributed by atoms with Crippen molar-refractivity contribution in [3.05, 3.63) is 64.2 Å². The topological polar surface area (TPSA) is 168 Å². The minimum Gasteiger partial charge on any atom is -0.508 e. The third kappa shape index (κ3) is 7.69. The van der Waals surface area contributed by atoms with E-state index < -0.39 is 73.1 Å². The van der Waals surface area contributed by atoms with Gasteiger partial charge in [-0.1, -0.05) is 35.9 Å². The van der Waals surface area contributed by atoms with E-state index in [4.69, 9.17) is 21.1 Å². The van der Waals surface area contributed by atoms with Crippen LogP contribution < -0.4 is 0 Å². The van der Waals surface area contributed by atoms with Gasteiger partial charge >= 0.3 is 23.9 Å². The Hall–Kier alpha value is -3.63. The Balaban J connectivity index is 2.01. The van der Waals surface area contributed by atoms with Gasteiger partial charge in [-0.3, -0.25) is 19.2 Å². The molecule has 0 bridgehead atoms. The van der Waals surface area contributed by atoms with E-state index in [1.807, 2.05) is 0 Å². The maximum Gasteiger partial charge on any atom is 0.303 e. The Labute approximate surface area is 223 Å². The van der Waals surface area contributed by atoms with Gasteiger partial charge in [-0.15, -0.1) is 0 Å². The van der Waals surface area contributed by atoms with Gasteiger partial charge < -0.3 is 29.9 Å². The van der Waals surface area contributed by atoms with Crippen LogP contribution in [0.1, 0.15) is 49.0 Å². The summed E-state index contributed by atoms with van der Waals surface area (Å²) in [4.78, 5) is 46.7. The number of carboxylic acids is 3. The van der Waals surface area contributed by atoms with Crippen LogP contribution in [0.4, 0.5) is 0 Å². The van der Waals surface area contributed by atoms with Crippen LogP contribution in [0.25, 0.3) is 0 Å². The fraction of sp³-hybridized carbons (Fsp3) is 0.407. The van der Waals surface area contributed by atoms with Gasteiger partial charge in [0.05, 0.1) is 25.0 Å². The van der Waals surface area contributed by atoms with Crippen molar-refractivity contribution in [2.24, 2.45) is 17.8 Å². The number of halogens is 1. The number of phenolic OH excluding ortho intramolecular Hbond substituents is 1. The zero-order valence-corrected chi connectivity index (χ0v) is 21.3. The number of esters is 1. The number of aromatic hydroxyl groups is 1. The number of carboxylic acid groups (broad SMARTS) is 3. The maximum absolute atomic E-state index is 11.8. The lowest BCUT2D eigenvalue weighted by atomic mass is 9.68. The van der Waals surface area contributed by atoms with Gasteiger partial charge in [0.15, 0.2) is 0 Å². The van der Waals surface area contributed by atoms with Crippen molar-refractivity contribution < 1.29 is 49.1 Å². The summed E-state index contributed by atoms with van der Waals surface area (Å²) >= 11 is 6.58. The molecule has 11 heteroatoms. The van der Waals surface area contributed by atoms with E-state index in [1.54, 1.807) is 42.5 Å². The van der Waals surface area contributed by atoms with Crippen LogP contribution in [0.5, 0.6) is 5.75 Å². The Kier molecular flexibility index (Phi) is 9.71. The monoisotopic (exact) mass is 548 g/mol. The lowest BCUT2D eigenvalue weighted by Gasteiger charge is -2.46. The normalized spacial score (nSPS) is 22.9. The fourth-order valence-electron chi connectivity index (χ4n) is 5.06. The molecule has 0 aromatic heterocycles. The molecule has 1 fully saturated rings. The van der Waals surface area contributed by atoms with E-state index in [-0.39, 0.29) is 12.4 Å². The quantitative estimate of drug-likeness (QED) is 0.302. The molecular formula is C27H29ClO10. The molecule has 2 aromatic carbocycles. The molecule has 1 aliphatic heterocycles. The molecule has 5 atom stereocenters. The van der Waals surface area contributed by atoms with Gasteiger partial charge in [-0.25, -0.2) is 0 Å². The smallest absolute Gasteiger partial charge is 0.303 e.